The zero-order chi connectivity index (χ0) is 22.8. The molecule has 2 aromatic heterocycles. The van der Waals surface area contributed by atoms with Crippen LogP contribution >= 0.6 is 0 Å². The molecule has 0 amide bonds. The SMILES string of the molecule is CCCS(=O)(=O)Cc1cc(-c2cc(C)c(=O)n(C)c2)nc(Oc2c(F)cccc2F)n1. The zero-order valence-corrected chi connectivity index (χ0v) is 18.0. The van der Waals surface area contributed by atoms with Crippen molar-refractivity contribution < 1.29 is 21.9 Å². The maximum Gasteiger partial charge on any atom is 0.322 e. The van der Waals surface area contributed by atoms with E-state index in [1.165, 1.54) is 22.9 Å². The molecular weight excluding hydrogens is 428 g/mol. The Morgan fingerprint density at radius 1 is 1.13 bits per heavy atom. The molecule has 3 rings (SSSR count). The van der Waals surface area contributed by atoms with Gasteiger partial charge in [0.2, 0.25) is 5.75 Å². The van der Waals surface area contributed by atoms with Crippen molar-refractivity contribution in [2.24, 2.45) is 7.05 Å². The number of rotatable bonds is 7. The summed E-state index contributed by atoms with van der Waals surface area (Å²) in [6, 6.07) is 5.86. The highest BCUT2D eigenvalue weighted by molar-refractivity contribution is 7.90. The van der Waals surface area contributed by atoms with E-state index in [4.69, 9.17) is 4.74 Å². The fraction of sp³-hybridized carbons (Fsp3) is 0.286. The number of hydrogen-bond donors (Lipinski definition) is 0. The van der Waals surface area contributed by atoms with E-state index in [1.54, 1.807) is 27.0 Å². The summed E-state index contributed by atoms with van der Waals surface area (Å²) < 4.78 is 59.3. The Labute approximate surface area is 178 Å². The Balaban J connectivity index is 2.13. The third kappa shape index (κ3) is 5.32. The van der Waals surface area contributed by atoms with Crippen LogP contribution in [0.4, 0.5) is 8.78 Å². The average Bonchev–Trinajstić information content (AvgIpc) is 2.68. The zero-order valence-electron chi connectivity index (χ0n) is 17.2. The minimum atomic E-state index is -3.46. The van der Waals surface area contributed by atoms with Crippen LogP contribution < -0.4 is 10.3 Å². The van der Waals surface area contributed by atoms with E-state index in [-0.39, 0.29) is 22.7 Å². The number of halogens is 2. The van der Waals surface area contributed by atoms with Gasteiger partial charge in [-0.05, 0) is 37.6 Å². The van der Waals surface area contributed by atoms with Gasteiger partial charge in [0, 0.05) is 24.4 Å². The van der Waals surface area contributed by atoms with Crippen LogP contribution in [0, 0.1) is 18.6 Å². The second-order valence-electron chi connectivity index (χ2n) is 7.10. The first kappa shape index (κ1) is 22.5. The normalized spacial score (nSPS) is 11.5. The van der Waals surface area contributed by atoms with Crippen molar-refractivity contribution in [3.8, 4) is 23.0 Å². The van der Waals surface area contributed by atoms with Gasteiger partial charge in [-0.25, -0.2) is 17.2 Å². The molecule has 2 heterocycles. The Bertz CT molecular complexity index is 1240. The molecule has 0 radical (unpaired) electrons. The fourth-order valence-corrected chi connectivity index (χ4v) is 4.40. The van der Waals surface area contributed by atoms with E-state index in [2.05, 4.69) is 9.97 Å². The first-order chi connectivity index (χ1) is 14.6. The first-order valence-electron chi connectivity index (χ1n) is 9.47. The van der Waals surface area contributed by atoms with Crippen LogP contribution in [0.5, 0.6) is 11.8 Å². The molecule has 0 aliphatic heterocycles. The van der Waals surface area contributed by atoms with Gasteiger partial charge in [-0.15, -0.1) is 0 Å². The molecule has 0 spiro atoms. The average molecular weight is 449 g/mol. The molecule has 3 aromatic rings. The topological polar surface area (TPSA) is 91.2 Å². The Hall–Kier alpha value is -3.14. The van der Waals surface area contributed by atoms with Crippen LogP contribution in [0.3, 0.4) is 0 Å². The number of benzene rings is 1. The summed E-state index contributed by atoms with van der Waals surface area (Å²) >= 11 is 0. The molecule has 0 saturated carbocycles. The second kappa shape index (κ2) is 8.93. The molecule has 31 heavy (non-hydrogen) atoms. The lowest BCUT2D eigenvalue weighted by atomic mass is 10.1. The lowest BCUT2D eigenvalue weighted by molar-refractivity contribution is 0.381. The molecule has 7 nitrogen and oxygen atoms in total. The maximum atomic E-state index is 14.0. The molecule has 0 fully saturated rings. The van der Waals surface area contributed by atoms with Crippen LogP contribution in [0.25, 0.3) is 11.3 Å². The third-order valence-corrected chi connectivity index (χ3v) is 6.18. The van der Waals surface area contributed by atoms with Crippen molar-refractivity contribution in [3.05, 3.63) is 69.8 Å². The molecular formula is C21H21F2N3O4S. The molecule has 0 N–H and O–H groups in total. The minimum absolute atomic E-state index is 0.0383. The number of aryl methyl sites for hydroxylation is 2. The van der Waals surface area contributed by atoms with Gasteiger partial charge in [0.25, 0.3) is 5.56 Å². The molecule has 164 valence electrons. The summed E-state index contributed by atoms with van der Waals surface area (Å²) in [5.41, 5.74) is 1.10. The standard InChI is InChI=1S/C21H21F2N3O4S/c1-4-8-31(28,29)12-15-10-18(14-9-13(2)20(27)26(3)11-14)25-21(24-15)30-19-16(22)6-5-7-17(19)23/h5-7,9-11H,4,8,12H2,1-3H3. The molecule has 0 atom stereocenters. The molecule has 0 saturated heterocycles. The number of hydrogen-bond acceptors (Lipinski definition) is 6. The molecule has 1 aromatic carbocycles. The highest BCUT2D eigenvalue weighted by Crippen LogP contribution is 2.28. The van der Waals surface area contributed by atoms with E-state index in [0.717, 1.165) is 12.1 Å². The van der Waals surface area contributed by atoms with E-state index in [9.17, 15) is 22.0 Å². The second-order valence-corrected chi connectivity index (χ2v) is 9.28. The van der Waals surface area contributed by atoms with Gasteiger partial charge in [0.05, 0.1) is 22.9 Å². The van der Waals surface area contributed by atoms with Crippen LogP contribution in [0.15, 0.2) is 41.3 Å². The van der Waals surface area contributed by atoms with Crippen molar-refractivity contribution in [3.63, 3.8) is 0 Å². The predicted octanol–water partition coefficient (Wildman–Crippen LogP) is 3.55. The van der Waals surface area contributed by atoms with E-state index < -0.39 is 39.0 Å². The largest absolute Gasteiger partial charge is 0.418 e. The van der Waals surface area contributed by atoms with Crippen LogP contribution in [0.2, 0.25) is 0 Å². The highest BCUT2D eigenvalue weighted by Gasteiger charge is 2.18. The summed E-state index contributed by atoms with van der Waals surface area (Å²) in [6.07, 6.45) is 1.96. The van der Waals surface area contributed by atoms with Gasteiger partial charge < -0.3 is 9.30 Å². The van der Waals surface area contributed by atoms with Gasteiger partial charge in [-0.3, -0.25) is 4.79 Å². The number of para-hydroxylation sites is 1. The Kier molecular flexibility index (Phi) is 6.49. The molecule has 10 heteroatoms. The number of aromatic nitrogens is 3. The van der Waals surface area contributed by atoms with Gasteiger partial charge in [0.15, 0.2) is 21.5 Å². The van der Waals surface area contributed by atoms with Crippen LogP contribution in [-0.2, 0) is 22.6 Å². The van der Waals surface area contributed by atoms with Crippen molar-refractivity contribution in [1.29, 1.82) is 0 Å². The monoisotopic (exact) mass is 449 g/mol. The number of nitrogens with zero attached hydrogens (tertiary/aromatic N) is 3. The first-order valence-corrected chi connectivity index (χ1v) is 11.3. The summed E-state index contributed by atoms with van der Waals surface area (Å²) in [5, 5.41) is 0. The Morgan fingerprint density at radius 2 is 1.81 bits per heavy atom. The summed E-state index contributed by atoms with van der Waals surface area (Å²) in [5.74, 6) is -3.03. The number of sulfone groups is 1. The van der Waals surface area contributed by atoms with Gasteiger partial charge in [-0.1, -0.05) is 13.0 Å². The van der Waals surface area contributed by atoms with Crippen molar-refractivity contribution in [2.45, 2.75) is 26.0 Å². The maximum absolute atomic E-state index is 14.0. The van der Waals surface area contributed by atoms with E-state index >= 15 is 0 Å². The lowest BCUT2D eigenvalue weighted by Gasteiger charge is -2.11. The number of pyridine rings is 1. The van der Waals surface area contributed by atoms with Crippen molar-refractivity contribution in [1.82, 2.24) is 14.5 Å². The Morgan fingerprint density at radius 3 is 2.42 bits per heavy atom. The van der Waals surface area contributed by atoms with Crippen LogP contribution in [0.1, 0.15) is 24.6 Å². The number of ether oxygens (including phenoxy) is 1. The molecule has 0 bridgehead atoms. The lowest BCUT2D eigenvalue weighted by Crippen LogP contribution is -2.18. The predicted molar refractivity (Wildman–Crippen MR) is 112 cm³/mol. The quantitative estimate of drug-likeness (QED) is 0.548. The minimum Gasteiger partial charge on any atom is -0.418 e. The summed E-state index contributed by atoms with van der Waals surface area (Å²) in [6.45, 7) is 3.37. The van der Waals surface area contributed by atoms with Gasteiger partial charge in [0.1, 0.15) is 0 Å². The van der Waals surface area contributed by atoms with Gasteiger partial charge >= 0.3 is 6.01 Å². The van der Waals surface area contributed by atoms with Crippen LogP contribution in [-0.4, -0.2) is 28.7 Å². The fourth-order valence-electron chi connectivity index (χ4n) is 3.04. The summed E-state index contributed by atoms with van der Waals surface area (Å²) in [4.78, 5) is 20.2. The van der Waals surface area contributed by atoms with E-state index in [0.29, 0.717) is 17.5 Å². The van der Waals surface area contributed by atoms with Gasteiger partial charge in [-0.2, -0.15) is 9.97 Å². The van der Waals surface area contributed by atoms with Crippen molar-refractivity contribution >= 4 is 9.84 Å². The van der Waals surface area contributed by atoms with Crippen molar-refractivity contribution in [2.75, 3.05) is 5.75 Å². The molecule has 0 aliphatic carbocycles. The molecule has 0 unspecified atom stereocenters. The smallest absolute Gasteiger partial charge is 0.322 e. The van der Waals surface area contributed by atoms with E-state index in [1.807, 2.05) is 0 Å². The third-order valence-electron chi connectivity index (χ3n) is 4.41. The summed E-state index contributed by atoms with van der Waals surface area (Å²) in [7, 11) is -1.89. The highest BCUT2D eigenvalue weighted by atomic mass is 32.2. The molecule has 0 aliphatic rings.